The zero-order valence-electron chi connectivity index (χ0n) is 5.82. The number of nitro groups is 1. The third-order valence-corrected chi connectivity index (χ3v) is 1.93. The first kappa shape index (κ1) is 8.79. The second kappa shape index (κ2) is 2.98. The van der Waals surface area contributed by atoms with Crippen molar-refractivity contribution in [1.29, 1.82) is 0 Å². The molecule has 0 aliphatic rings. The van der Waals surface area contributed by atoms with E-state index in [-0.39, 0.29) is 17.1 Å². The Hall–Kier alpha value is -1.30. The molecule has 0 amide bonds. The lowest BCUT2D eigenvalue weighted by molar-refractivity contribution is -0.384. The average Bonchev–Trinajstić information content (AvgIpc) is 1.96. The van der Waals surface area contributed by atoms with Gasteiger partial charge in [0, 0.05) is 0 Å². The maximum atomic E-state index is 10.3. The SMILES string of the molecule is Nc1cc(Br)c(O)cc1[N+](=O)[O-]. The van der Waals surface area contributed by atoms with E-state index in [4.69, 9.17) is 10.8 Å². The Bertz CT molecular complexity index is 340. The molecule has 12 heavy (non-hydrogen) atoms. The van der Waals surface area contributed by atoms with E-state index in [9.17, 15) is 10.1 Å². The van der Waals surface area contributed by atoms with Crippen molar-refractivity contribution in [3.8, 4) is 5.75 Å². The number of phenolic OH excluding ortho intramolecular Hbond substituents is 1. The van der Waals surface area contributed by atoms with Crippen LogP contribution >= 0.6 is 15.9 Å². The third-order valence-electron chi connectivity index (χ3n) is 1.29. The summed E-state index contributed by atoms with van der Waals surface area (Å²) in [4.78, 5) is 9.63. The molecule has 0 unspecified atom stereocenters. The Balaban J connectivity index is 3.33. The van der Waals surface area contributed by atoms with Crippen LogP contribution in [0.25, 0.3) is 0 Å². The maximum absolute atomic E-state index is 10.3. The van der Waals surface area contributed by atoms with Crippen molar-refractivity contribution in [2.75, 3.05) is 5.73 Å². The van der Waals surface area contributed by atoms with Crippen molar-refractivity contribution < 1.29 is 10.0 Å². The molecule has 1 rings (SSSR count). The minimum absolute atomic E-state index is 0.0182. The number of nitrogens with two attached hydrogens (primary N) is 1. The van der Waals surface area contributed by atoms with Crippen molar-refractivity contribution in [1.82, 2.24) is 0 Å². The van der Waals surface area contributed by atoms with Crippen LogP contribution in [0.2, 0.25) is 0 Å². The van der Waals surface area contributed by atoms with Crippen LogP contribution in [-0.4, -0.2) is 10.0 Å². The van der Waals surface area contributed by atoms with E-state index >= 15 is 0 Å². The summed E-state index contributed by atoms with van der Waals surface area (Å²) in [7, 11) is 0. The van der Waals surface area contributed by atoms with Crippen LogP contribution in [0, 0.1) is 10.1 Å². The molecule has 1 aromatic carbocycles. The van der Waals surface area contributed by atoms with Crippen molar-refractivity contribution in [3.05, 3.63) is 26.7 Å². The molecular formula is C6H5BrN2O3. The molecule has 0 spiro atoms. The second-order valence-corrected chi connectivity index (χ2v) is 2.97. The Kier molecular flexibility index (Phi) is 2.18. The largest absolute Gasteiger partial charge is 0.507 e. The molecule has 1 aromatic rings. The number of anilines is 1. The predicted molar refractivity (Wildman–Crippen MR) is 46.9 cm³/mol. The fourth-order valence-corrected chi connectivity index (χ4v) is 1.09. The molecule has 0 aliphatic carbocycles. The normalized spacial score (nSPS) is 9.75. The number of benzene rings is 1. The van der Waals surface area contributed by atoms with Gasteiger partial charge in [-0.05, 0) is 22.0 Å². The maximum Gasteiger partial charge on any atom is 0.295 e. The molecule has 0 fully saturated rings. The quantitative estimate of drug-likeness (QED) is 0.334. The number of aromatic hydroxyl groups is 1. The van der Waals surface area contributed by atoms with Crippen LogP contribution in [0.5, 0.6) is 5.75 Å². The van der Waals surface area contributed by atoms with Gasteiger partial charge in [-0.3, -0.25) is 10.1 Å². The summed E-state index contributed by atoms with van der Waals surface area (Å²) in [6.07, 6.45) is 0. The van der Waals surface area contributed by atoms with Crippen LogP contribution in [0.15, 0.2) is 16.6 Å². The predicted octanol–water partition coefficient (Wildman–Crippen LogP) is 1.65. The molecule has 0 atom stereocenters. The Labute approximate surface area is 76.1 Å². The van der Waals surface area contributed by atoms with Gasteiger partial charge in [0.2, 0.25) is 0 Å². The Morgan fingerprint density at radius 2 is 2.17 bits per heavy atom. The lowest BCUT2D eigenvalue weighted by atomic mass is 10.2. The highest BCUT2D eigenvalue weighted by Crippen LogP contribution is 2.33. The van der Waals surface area contributed by atoms with Gasteiger partial charge in [0.05, 0.1) is 15.5 Å². The van der Waals surface area contributed by atoms with Gasteiger partial charge in [0.1, 0.15) is 11.4 Å². The first-order chi connectivity index (χ1) is 5.52. The monoisotopic (exact) mass is 232 g/mol. The number of halogens is 1. The molecule has 0 bridgehead atoms. The number of hydrogen-bond acceptors (Lipinski definition) is 4. The highest BCUT2D eigenvalue weighted by Gasteiger charge is 2.14. The third kappa shape index (κ3) is 1.48. The number of nitro benzene ring substituents is 1. The van der Waals surface area contributed by atoms with E-state index in [0.29, 0.717) is 4.47 Å². The topological polar surface area (TPSA) is 89.4 Å². The van der Waals surface area contributed by atoms with E-state index in [1.807, 2.05) is 0 Å². The van der Waals surface area contributed by atoms with Crippen LogP contribution in [0.1, 0.15) is 0 Å². The molecule has 5 nitrogen and oxygen atoms in total. The smallest absolute Gasteiger partial charge is 0.295 e. The van der Waals surface area contributed by atoms with Crippen molar-refractivity contribution in [2.24, 2.45) is 0 Å². The molecule has 0 aliphatic heterocycles. The number of phenols is 1. The van der Waals surface area contributed by atoms with Crippen molar-refractivity contribution >= 4 is 27.3 Å². The van der Waals surface area contributed by atoms with Gasteiger partial charge in [-0.2, -0.15) is 0 Å². The number of nitrogens with zero attached hydrogens (tertiary/aromatic N) is 1. The average molecular weight is 233 g/mol. The molecule has 0 saturated heterocycles. The van der Waals surface area contributed by atoms with E-state index in [1.165, 1.54) is 6.07 Å². The minimum atomic E-state index is -0.651. The number of nitrogen functional groups attached to an aromatic ring is 1. The van der Waals surface area contributed by atoms with Crippen molar-refractivity contribution in [3.63, 3.8) is 0 Å². The number of hydrogen-bond donors (Lipinski definition) is 2. The van der Waals surface area contributed by atoms with Gasteiger partial charge in [-0.1, -0.05) is 0 Å². The number of rotatable bonds is 1. The summed E-state index contributed by atoms with van der Waals surface area (Å²) in [6.45, 7) is 0. The van der Waals surface area contributed by atoms with Crippen LogP contribution in [0.3, 0.4) is 0 Å². The molecule has 0 aromatic heterocycles. The summed E-state index contributed by atoms with van der Waals surface area (Å²) < 4.78 is 0.339. The van der Waals surface area contributed by atoms with Gasteiger partial charge < -0.3 is 10.8 Å². The lowest BCUT2D eigenvalue weighted by Gasteiger charge is -1.99. The molecule has 6 heteroatoms. The van der Waals surface area contributed by atoms with E-state index < -0.39 is 4.92 Å². The van der Waals surface area contributed by atoms with Gasteiger partial charge >= 0.3 is 0 Å². The minimum Gasteiger partial charge on any atom is -0.507 e. The van der Waals surface area contributed by atoms with E-state index in [2.05, 4.69) is 15.9 Å². The molecule has 0 radical (unpaired) electrons. The summed E-state index contributed by atoms with van der Waals surface area (Å²) in [5, 5.41) is 19.4. The van der Waals surface area contributed by atoms with Crippen LogP contribution < -0.4 is 5.73 Å². The summed E-state index contributed by atoms with van der Waals surface area (Å²) in [6, 6.07) is 2.28. The van der Waals surface area contributed by atoms with Crippen LogP contribution in [-0.2, 0) is 0 Å². The van der Waals surface area contributed by atoms with E-state index in [0.717, 1.165) is 6.07 Å². The zero-order valence-corrected chi connectivity index (χ0v) is 7.41. The standard InChI is InChI=1S/C6H5BrN2O3/c7-3-1-4(8)5(9(11)12)2-6(3)10/h1-2,10H,8H2. The van der Waals surface area contributed by atoms with E-state index in [1.54, 1.807) is 0 Å². The fraction of sp³-hybridized carbons (Fsp3) is 0. The molecule has 3 N–H and O–H groups in total. The van der Waals surface area contributed by atoms with Gasteiger partial charge in [-0.15, -0.1) is 0 Å². The fourth-order valence-electron chi connectivity index (χ4n) is 0.724. The zero-order chi connectivity index (χ0) is 9.30. The van der Waals surface area contributed by atoms with Crippen LogP contribution in [0.4, 0.5) is 11.4 Å². The Morgan fingerprint density at radius 3 is 2.67 bits per heavy atom. The van der Waals surface area contributed by atoms with Gasteiger partial charge in [-0.25, -0.2) is 0 Å². The molecular weight excluding hydrogens is 228 g/mol. The van der Waals surface area contributed by atoms with Gasteiger partial charge in [0.15, 0.2) is 0 Å². The molecule has 0 saturated carbocycles. The molecule has 64 valence electrons. The Morgan fingerprint density at radius 1 is 1.58 bits per heavy atom. The van der Waals surface area contributed by atoms with Crippen molar-refractivity contribution in [2.45, 2.75) is 0 Å². The summed E-state index contributed by atoms with van der Waals surface area (Å²) in [5.74, 6) is -0.198. The first-order valence-corrected chi connectivity index (χ1v) is 3.74. The summed E-state index contributed by atoms with van der Waals surface area (Å²) in [5.41, 5.74) is 5.03. The molecule has 0 heterocycles. The van der Waals surface area contributed by atoms with Gasteiger partial charge in [0.25, 0.3) is 5.69 Å². The lowest BCUT2D eigenvalue weighted by Crippen LogP contribution is -1.95. The second-order valence-electron chi connectivity index (χ2n) is 2.12. The highest BCUT2D eigenvalue weighted by atomic mass is 79.9. The summed E-state index contributed by atoms with van der Waals surface area (Å²) >= 11 is 2.98. The highest BCUT2D eigenvalue weighted by molar-refractivity contribution is 9.10. The first-order valence-electron chi connectivity index (χ1n) is 2.94.